The van der Waals surface area contributed by atoms with Gasteiger partial charge in [-0.25, -0.2) is 0 Å². The molecule has 0 bridgehead atoms. The lowest BCUT2D eigenvalue weighted by Gasteiger charge is -2.21. The van der Waals surface area contributed by atoms with E-state index < -0.39 is 0 Å². The number of hydrogen-bond donors (Lipinski definition) is 1. The number of rotatable bonds is 4. The Morgan fingerprint density at radius 1 is 1.29 bits per heavy atom. The van der Waals surface area contributed by atoms with Crippen molar-refractivity contribution in [3.05, 3.63) is 47.1 Å². The normalized spacial score (nSPS) is 19.5. The maximum absolute atomic E-state index is 6.12. The predicted molar refractivity (Wildman–Crippen MR) is 81.9 cm³/mol. The monoisotopic (exact) mass is 285 g/mol. The van der Waals surface area contributed by atoms with Crippen LogP contribution in [0.3, 0.4) is 0 Å². The topological polar surface area (TPSA) is 64.9 Å². The van der Waals surface area contributed by atoms with Gasteiger partial charge in [-0.1, -0.05) is 43.3 Å². The van der Waals surface area contributed by atoms with Crippen molar-refractivity contribution in [2.75, 3.05) is 0 Å². The molecule has 0 spiro atoms. The Bertz CT molecular complexity index is 606. The second-order valence-electron chi connectivity index (χ2n) is 6.44. The summed E-state index contributed by atoms with van der Waals surface area (Å²) in [5.41, 5.74) is 8.98. The van der Waals surface area contributed by atoms with E-state index in [9.17, 15) is 0 Å². The highest BCUT2D eigenvalue weighted by molar-refractivity contribution is 5.31. The minimum absolute atomic E-state index is 0.151. The molecule has 1 aromatic heterocycles. The van der Waals surface area contributed by atoms with E-state index in [0.29, 0.717) is 17.7 Å². The van der Waals surface area contributed by atoms with Gasteiger partial charge in [0.1, 0.15) is 0 Å². The van der Waals surface area contributed by atoms with Crippen molar-refractivity contribution in [3.63, 3.8) is 0 Å². The van der Waals surface area contributed by atoms with E-state index in [-0.39, 0.29) is 6.04 Å². The van der Waals surface area contributed by atoms with E-state index in [1.165, 1.54) is 11.1 Å². The number of nitrogens with zero attached hydrogens (tertiary/aromatic N) is 2. The largest absolute Gasteiger partial charge is 0.338 e. The molecular formula is C17H23N3O. The summed E-state index contributed by atoms with van der Waals surface area (Å²) >= 11 is 0. The summed E-state index contributed by atoms with van der Waals surface area (Å²) < 4.78 is 5.38. The smallest absolute Gasteiger partial charge is 0.243 e. The average molecular weight is 285 g/mol. The molecule has 21 heavy (non-hydrogen) atoms. The quantitative estimate of drug-likeness (QED) is 0.935. The maximum atomic E-state index is 6.12. The minimum Gasteiger partial charge on any atom is -0.338 e. The fraction of sp³-hybridized carbons (Fsp3) is 0.529. The van der Waals surface area contributed by atoms with Crippen molar-refractivity contribution in [1.29, 1.82) is 0 Å². The molecular weight excluding hydrogens is 262 g/mol. The van der Waals surface area contributed by atoms with Gasteiger partial charge in [-0.15, -0.1) is 0 Å². The van der Waals surface area contributed by atoms with Crippen LogP contribution in [0.25, 0.3) is 0 Å². The molecule has 112 valence electrons. The molecule has 0 saturated heterocycles. The van der Waals surface area contributed by atoms with Crippen LogP contribution >= 0.6 is 0 Å². The van der Waals surface area contributed by atoms with Crippen LogP contribution in [-0.4, -0.2) is 10.1 Å². The molecule has 0 fully saturated rings. The van der Waals surface area contributed by atoms with Gasteiger partial charge in [0.15, 0.2) is 5.82 Å². The summed E-state index contributed by atoms with van der Waals surface area (Å²) in [4.78, 5) is 4.56. The zero-order valence-corrected chi connectivity index (χ0v) is 12.7. The highest BCUT2D eigenvalue weighted by Crippen LogP contribution is 2.31. The number of hydrogen-bond acceptors (Lipinski definition) is 4. The van der Waals surface area contributed by atoms with E-state index >= 15 is 0 Å². The van der Waals surface area contributed by atoms with E-state index in [1.54, 1.807) is 0 Å². The summed E-state index contributed by atoms with van der Waals surface area (Å²) in [6.07, 6.45) is 4.03. The molecule has 4 heteroatoms. The molecule has 1 aliphatic carbocycles. The molecule has 1 heterocycles. The number of aryl methyl sites for hydroxylation is 1. The maximum Gasteiger partial charge on any atom is 0.243 e. The molecule has 2 atom stereocenters. The lowest BCUT2D eigenvalue weighted by Crippen LogP contribution is -2.15. The molecule has 0 aliphatic heterocycles. The lowest BCUT2D eigenvalue weighted by atomic mass is 9.83. The summed E-state index contributed by atoms with van der Waals surface area (Å²) in [6.45, 7) is 4.30. The number of benzene rings is 1. The Labute approximate surface area is 125 Å². The van der Waals surface area contributed by atoms with E-state index in [0.717, 1.165) is 31.5 Å². The fourth-order valence-electron chi connectivity index (χ4n) is 3.09. The van der Waals surface area contributed by atoms with Crippen LogP contribution in [-0.2, 0) is 12.8 Å². The first kappa shape index (κ1) is 14.3. The van der Waals surface area contributed by atoms with E-state index in [4.69, 9.17) is 10.3 Å². The van der Waals surface area contributed by atoms with Crippen molar-refractivity contribution in [2.45, 2.75) is 51.5 Å². The zero-order chi connectivity index (χ0) is 14.8. The van der Waals surface area contributed by atoms with Crippen molar-refractivity contribution in [3.8, 4) is 0 Å². The van der Waals surface area contributed by atoms with Gasteiger partial charge in [-0.05, 0) is 42.7 Å². The Morgan fingerprint density at radius 2 is 2.05 bits per heavy atom. The van der Waals surface area contributed by atoms with Gasteiger partial charge in [0, 0.05) is 5.92 Å². The van der Waals surface area contributed by atoms with Crippen LogP contribution in [0.2, 0.25) is 0 Å². The van der Waals surface area contributed by atoms with E-state index in [2.05, 4.69) is 48.3 Å². The van der Waals surface area contributed by atoms with Crippen LogP contribution in [0.15, 0.2) is 28.8 Å². The highest BCUT2D eigenvalue weighted by Gasteiger charge is 2.25. The molecule has 3 rings (SSSR count). The van der Waals surface area contributed by atoms with Gasteiger partial charge < -0.3 is 10.3 Å². The van der Waals surface area contributed by atoms with Gasteiger partial charge in [-0.2, -0.15) is 4.98 Å². The first-order valence-electron chi connectivity index (χ1n) is 7.79. The zero-order valence-electron chi connectivity index (χ0n) is 12.7. The third-order valence-electron chi connectivity index (χ3n) is 4.21. The first-order chi connectivity index (χ1) is 10.1. The molecule has 1 aliphatic rings. The Morgan fingerprint density at radius 3 is 2.81 bits per heavy atom. The second kappa shape index (κ2) is 5.98. The van der Waals surface area contributed by atoms with Crippen LogP contribution in [0.1, 0.15) is 61.5 Å². The third-order valence-corrected chi connectivity index (χ3v) is 4.21. The van der Waals surface area contributed by atoms with Crippen LogP contribution in [0.5, 0.6) is 0 Å². The lowest BCUT2D eigenvalue weighted by molar-refractivity contribution is 0.329. The molecule has 1 aromatic carbocycles. The highest BCUT2D eigenvalue weighted by atomic mass is 16.5. The predicted octanol–water partition coefficient (Wildman–Crippen LogP) is 3.39. The van der Waals surface area contributed by atoms with Crippen LogP contribution in [0.4, 0.5) is 0 Å². The molecule has 2 aromatic rings. The van der Waals surface area contributed by atoms with Crippen molar-refractivity contribution >= 4 is 0 Å². The average Bonchev–Trinajstić information content (AvgIpc) is 2.96. The molecule has 2 N–H and O–H groups in total. The fourth-order valence-corrected chi connectivity index (χ4v) is 3.09. The van der Waals surface area contributed by atoms with Gasteiger partial charge in [0.25, 0.3) is 0 Å². The Kier molecular flexibility index (Phi) is 4.06. The van der Waals surface area contributed by atoms with Crippen molar-refractivity contribution in [1.82, 2.24) is 10.1 Å². The molecule has 0 radical (unpaired) electrons. The minimum atomic E-state index is -0.151. The standard InChI is InChI=1S/C17H23N3O/c1-11(2)9-15(18)17-19-16(20-21-17)14-8-7-12-5-3-4-6-13(12)10-14/h3-6,11,14-15H,7-10,18H2,1-2H3/t14?,15-/m1/s1. The van der Waals surface area contributed by atoms with Gasteiger partial charge in [0.2, 0.25) is 5.89 Å². The molecule has 0 saturated carbocycles. The van der Waals surface area contributed by atoms with Crippen molar-refractivity contribution < 1.29 is 4.52 Å². The summed E-state index contributed by atoms with van der Waals surface area (Å²) in [5, 5.41) is 4.18. The van der Waals surface area contributed by atoms with Gasteiger partial charge in [0.05, 0.1) is 6.04 Å². The molecule has 0 amide bonds. The molecule has 1 unspecified atom stereocenters. The van der Waals surface area contributed by atoms with Crippen LogP contribution < -0.4 is 5.73 Å². The van der Waals surface area contributed by atoms with Gasteiger partial charge in [-0.3, -0.25) is 0 Å². The summed E-state index contributed by atoms with van der Waals surface area (Å²) in [6, 6.07) is 8.47. The summed E-state index contributed by atoms with van der Waals surface area (Å²) in [5.74, 6) is 2.27. The third kappa shape index (κ3) is 3.16. The number of nitrogens with two attached hydrogens (primary N) is 1. The Hall–Kier alpha value is -1.68. The number of aromatic nitrogens is 2. The number of fused-ring (bicyclic) bond motifs is 1. The van der Waals surface area contributed by atoms with Crippen LogP contribution in [0, 0.1) is 5.92 Å². The first-order valence-corrected chi connectivity index (χ1v) is 7.79. The van der Waals surface area contributed by atoms with Gasteiger partial charge >= 0.3 is 0 Å². The SMILES string of the molecule is CC(C)C[C@@H](N)c1nc(C2CCc3ccccc3C2)no1. The van der Waals surface area contributed by atoms with Crippen molar-refractivity contribution in [2.24, 2.45) is 11.7 Å². The second-order valence-corrected chi connectivity index (χ2v) is 6.44. The molecule has 4 nitrogen and oxygen atoms in total. The van der Waals surface area contributed by atoms with E-state index in [1.807, 2.05) is 0 Å². The summed E-state index contributed by atoms with van der Waals surface area (Å²) in [7, 11) is 0. The Balaban J connectivity index is 1.73.